The Morgan fingerprint density at radius 2 is 1.85 bits per heavy atom. The van der Waals surface area contributed by atoms with E-state index in [1.165, 1.54) is 24.3 Å². The lowest BCUT2D eigenvalue weighted by molar-refractivity contribution is -0.145. The number of Topliss-reactive ketones (excluding diaryl/α,β-unsaturated/α-hetero) is 1. The number of carbonyl (C=O) groups is 3. The predicted molar refractivity (Wildman–Crippen MR) is 116 cm³/mol. The number of ketones is 1. The maximum absolute atomic E-state index is 13.5. The van der Waals surface area contributed by atoms with Crippen LogP contribution in [0.1, 0.15) is 71.1 Å². The number of alkyl halides is 2. The van der Waals surface area contributed by atoms with E-state index >= 15 is 0 Å². The van der Waals surface area contributed by atoms with E-state index in [2.05, 4.69) is 10.6 Å². The van der Waals surface area contributed by atoms with E-state index in [4.69, 9.17) is 0 Å². The highest BCUT2D eigenvalue weighted by atomic mass is 19.3. The molecule has 0 unspecified atom stereocenters. The van der Waals surface area contributed by atoms with Gasteiger partial charge in [-0.3, -0.25) is 14.4 Å². The highest BCUT2D eigenvalue weighted by Crippen LogP contribution is 2.47. The van der Waals surface area contributed by atoms with Gasteiger partial charge in [0.2, 0.25) is 0 Å². The quantitative estimate of drug-likeness (QED) is 0.494. The van der Waals surface area contributed by atoms with Crippen LogP contribution in [-0.4, -0.2) is 33.6 Å². The monoisotopic (exact) mass is 461 g/mol. The fourth-order valence-electron chi connectivity index (χ4n) is 4.76. The van der Waals surface area contributed by atoms with Crippen LogP contribution in [0.3, 0.4) is 0 Å². The first-order valence-electron chi connectivity index (χ1n) is 11.1. The van der Waals surface area contributed by atoms with Crippen molar-refractivity contribution < 1.29 is 27.6 Å². The lowest BCUT2D eigenvalue weighted by Crippen LogP contribution is -2.63. The van der Waals surface area contributed by atoms with E-state index < -0.39 is 41.9 Å². The van der Waals surface area contributed by atoms with E-state index in [1.54, 1.807) is 18.4 Å². The highest BCUT2D eigenvalue weighted by molar-refractivity contribution is 6.42. The molecule has 2 amide bonds. The molecule has 0 radical (unpaired) electrons. The van der Waals surface area contributed by atoms with Gasteiger partial charge in [0.1, 0.15) is 5.82 Å². The van der Waals surface area contributed by atoms with Crippen LogP contribution in [0.25, 0.3) is 0 Å². The van der Waals surface area contributed by atoms with E-state index in [0.29, 0.717) is 36.3 Å². The Hall–Kier alpha value is -3.10. The molecule has 2 N–H and O–H groups in total. The second-order valence-electron chi connectivity index (χ2n) is 9.04. The minimum atomic E-state index is -2.84. The minimum Gasteiger partial charge on any atom is -0.343 e. The Bertz CT molecular complexity index is 1130. The topological polar surface area (TPSA) is 80.2 Å². The van der Waals surface area contributed by atoms with Crippen LogP contribution in [0, 0.1) is 12.7 Å². The number of hydrogen-bond acceptors (Lipinski definition) is 3. The number of fused-ring (bicyclic) bond motifs is 1. The Morgan fingerprint density at radius 3 is 2.48 bits per heavy atom. The molecular formula is C24H26F3N3O3. The van der Waals surface area contributed by atoms with Crippen molar-refractivity contribution in [3.63, 3.8) is 0 Å². The summed E-state index contributed by atoms with van der Waals surface area (Å²) in [6.07, 6.45) is 1.48. The van der Waals surface area contributed by atoms with Crippen molar-refractivity contribution >= 4 is 23.3 Å². The lowest BCUT2D eigenvalue weighted by atomic mass is 9.71. The van der Waals surface area contributed by atoms with Gasteiger partial charge in [0.05, 0.1) is 16.8 Å². The largest absolute Gasteiger partial charge is 0.343 e. The van der Waals surface area contributed by atoms with Crippen molar-refractivity contribution in [3.05, 3.63) is 52.6 Å². The fourth-order valence-corrected chi connectivity index (χ4v) is 4.76. The van der Waals surface area contributed by atoms with Crippen molar-refractivity contribution in [2.75, 3.05) is 5.32 Å². The molecule has 1 aliphatic heterocycles. The first-order chi connectivity index (χ1) is 15.5. The van der Waals surface area contributed by atoms with Crippen molar-refractivity contribution in [2.24, 2.45) is 0 Å². The normalized spacial score (nSPS) is 18.1. The molecule has 1 fully saturated rings. The number of aromatic nitrogens is 1. The number of hydrogen-bond donors (Lipinski definition) is 2. The Kier molecular flexibility index (Phi) is 5.84. The van der Waals surface area contributed by atoms with E-state index in [1.807, 2.05) is 0 Å². The molecule has 1 aliphatic carbocycles. The number of amides is 2. The molecule has 9 heteroatoms. The van der Waals surface area contributed by atoms with E-state index in [-0.39, 0.29) is 17.1 Å². The third kappa shape index (κ3) is 4.41. The number of halogens is 3. The van der Waals surface area contributed by atoms with Crippen molar-refractivity contribution in [1.82, 2.24) is 9.88 Å². The van der Waals surface area contributed by atoms with Gasteiger partial charge >= 0.3 is 0 Å². The van der Waals surface area contributed by atoms with Crippen molar-refractivity contribution in [3.8, 4) is 0 Å². The summed E-state index contributed by atoms with van der Waals surface area (Å²) in [5.74, 6) is -5.49. The Labute approximate surface area is 189 Å². The summed E-state index contributed by atoms with van der Waals surface area (Å²) in [4.78, 5) is 38.7. The van der Waals surface area contributed by atoms with Crippen LogP contribution in [0.5, 0.6) is 0 Å². The summed E-state index contributed by atoms with van der Waals surface area (Å²) in [6, 6.07) is 5.60. The molecule has 2 aromatic rings. The zero-order valence-electron chi connectivity index (χ0n) is 18.6. The molecule has 4 rings (SSSR count). The fraction of sp³-hybridized carbons (Fsp3) is 0.458. The van der Waals surface area contributed by atoms with Crippen LogP contribution in [0.4, 0.5) is 18.9 Å². The molecule has 1 saturated carbocycles. The van der Waals surface area contributed by atoms with Gasteiger partial charge in [0, 0.05) is 30.8 Å². The third-order valence-corrected chi connectivity index (χ3v) is 6.60. The Balaban J connectivity index is 1.58. The van der Waals surface area contributed by atoms with Gasteiger partial charge in [-0.15, -0.1) is 0 Å². The number of anilines is 1. The van der Waals surface area contributed by atoms with Crippen LogP contribution >= 0.6 is 0 Å². The number of nitrogens with zero attached hydrogens (tertiary/aromatic N) is 1. The molecule has 0 spiro atoms. The average molecular weight is 461 g/mol. The number of aryl methyl sites for hydroxylation is 1. The summed E-state index contributed by atoms with van der Waals surface area (Å²) in [7, 11) is 0. The molecule has 6 nitrogen and oxygen atoms in total. The zero-order valence-corrected chi connectivity index (χ0v) is 18.6. The van der Waals surface area contributed by atoms with E-state index in [9.17, 15) is 27.6 Å². The predicted octanol–water partition coefficient (Wildman–Crippen LogP) is 4.40. The van der Waals surface area contributed by atoms with Crippen molar-refractivity contribution in [2.45, 2.75) is 70.4 Å². The number of rotatable bonds is 6. The SMILES string of the molecule is CCC1(NC(=O)C(=O)c2cc(C(=O)Nc3ccc(F)c(C)c3)c3n2CCCC3)CC(F)(F)C1. The lowest BCUT2D eigenvalue weighted by Gasteiger charge is -2.47. The maximum atomic E-state index is 13.5. The standard InChI is InChI=1S/C24H26F3N3O3/c1-3-23(12-24(26,27)13-23)29-22(33)20(31)19-11-16(18-6-4-5-9-30(18)19)21(32)28-15-7-8-17(25)14(2)10-15/h7-8,10-11H,3-6,9,12-13H2,1-2H3,(H,28,32)(H,29,33). The smallest absolute Gasteiger partial charge is 0.294 e. The highest BCUT2D eigenvalue weighted by Gasteiger charge is 2.56. The van der Waals surface area contributed by atoms with Crippen LogP contribution in [-0.2, 0) is 17.8 Å². The van der Waals surface area contributed by atoms with Gasteiger partial charge in [-0.1, -0.05) is 6.92 Å². The van der Waals surface area contributed by atoms with Crippen LogP contribution < -0.4 is 10.6 Å². The average Bonchev–Trinajstić information content (AvgIpc) is 3.14. The molecule has 2 heterocycles. The van der Waals surface area contributed by atoms with Gasteiger partial charge in [-0.25, -0.2) is 13.2 Å². The zero-order chi connectivity index (χ0) is 24.0. The van der Waals surface area contributed by atoms with Gasteiger partial charge in [0.15, 0.2) is 0 Å². The van der Waals surface area contributed by atoms with Crippen LogP contribution in [0.15, 0.2) is 24.3 Å². The molecule has 0 saturated heterocycles. The molecule has 33 heavy (non-hydrogen) atoms. The third-order valence-electron chi connectivity index (χ3n) is 6.60. The first-order valence-corrected chi connectivity index (χ1v) is 11.1. The molecule has 0 bridgehead atoms. The van der Waals surface area contributed by atoms with E-state index in [0.717, 1.165) is 12.8 Å². The second-order valence-corrected chi connectivity index (χ2v) is 9.04. The van der Waals surface area contributed by atoms with Gasteiger partial charge in [-0.2, -0.15) is 0 Å². The molecule has 2 aliphatic rings. The first kappa shape index (κ1) is 23.1. The number of benzene rings is 1. The molecule has 176 valence electrons. The number of carbonyl (C=O) groups excluding carboxylic acids is 3. The summed E-state index contributed by atoms with van der Waals surface area (Å²) < 4.78 is 42.1. The molecule has 0 atom stereocenters. The van der Waals surface area contributed by atoms with Gasteiger partial charge in [-0.05, 0) is 62.4 Å². The Morgan fingerprint density at radius 1 is 1.12 bits per heavy atom. The minimum absolute atomic E-state index is 0.0694. The van der Waals surface area contributed by atoms with Gasteiger partial charge in [0.25, 0.3) is 23.5 Å². The van der Waals surface area contributed by atoms with Crippen LogP contribution in [0.2, 0.25) is 0 Å². The molecule has 1 aromatic heterocycles. The summed E-state index contributed by atoms with van der Waals surface area (Å²) in [5, 5.41) is 5.23. The second kappa shape index (κ2) is 8.35. The summed E-state index contributed by atoms with van der Waals surface area (Å²) in [5.41, 5.74) is 0.692. The molecular weight excluding hydrogens is 435 g/mol. The van der Waals surface area contributed by atoms with Crippen molar-refractivity contribution in [1.29, 1.82) is 0 Å². The summed E-state index contributed by atoms with van der Waals surface area (Å²) >= 11 is 0. The summed E-state index contributed by atoms with van der Waals surface area (Å²) in [6.45, 7) is 3.75. The number of nitrogens with one attached hydrogen (secondary N) is 2. The maximum Gasteiger partial charge on any atom is 0.294 e. The van der Waals surface area contributed by atoms with Gasteiger partial charge < -0.3 is 15.2 Å². The molecule has 1 aromatic carbocycles.